The Balaban J connectivity index is 1.29. The minimum atomic E-state index is -3.57. The van der Waals surface area contributed by atoms with Gasteiger partial charge in [0.1, 0.15) is 11.3 Å². The molecule has 0 bridgehead atoms. The summed E-state index contributed by atoms with van der Waals surface area (Å²) in [6.45, 7) is 2.47. The van der Waals surface area contributed by atoms with Gasteiger partial charge in [0.05, 0.1) is 4.90 Å². The molecule has 2 aromatic heterocycles. The first-order chi connectivity index (χ1) is 15.9. The molecule has 4 aromatic rings. The third-order valence-electron chi connectivity index (χ3n) is 5.87. The molecule has 1 aliphatic rings. The Labute approximate surface area is 196 Å². The highest BCUT2D eigenvalue weighted by molar-refractivity contribution is 7.89. The maximum Gasteiger partial charge on any atom is 0.257 e. The van der Waals surface area contributed by atoms with Crippen LogP contribution in [0.15, 0.2) is 69.3 Å². The standard InChI is InChI=1S/C24H23N3O4S2/c1-16-6-4-5-13-27(16)33(29,30)19-11-9-17(10-12-19)23(28)26-24-25-20(15-32-24)22-14-18-7-2-3-8-21(18)31-22/h2-3,7-12,14-16H,4-6,13H2,1H3,(H,25,26,28). The highest BCUT2D eigenvalue weighted by atomic mass is 32.2. The summed E-state index contributed by atoms with van der Waals surface area (Å²) in [7, 11) is -3.57. The maximum absolute atomic E-state index is 13.0. The molecule has 1 saturated heterocycles. The number of nitrogens with zero attached hydrogens (tertiary/aromatic N) is 2. The fourth-order valence-corrected chi connectivity index (χ4v) is 6.46. The SMILES string of the molecule is CC1CCCCN1S(=O)(=O)c1ccc(C(=O)Nc2nc(-c3cc4ccccc4o3)cs2)cc1. The smallest absolute Gasteiger partial charge is 0.257 e. The summed E-state index contributed by atoms with van der Waals surface area (Å²) in [4.78, 5) is 17.3. The van der Waals surface area contributed by atoms with E-state index in [2.05, 4.69) is 10.3 Å². The number of benzene rings is 2. The zero-order chi connectivity index (χ0) is 23.0. The molecule has 2 aromatic carbocycles. The summed E-state index contributed by atoms with van der Waals surface area (Å²) < 4.78 is 33.3. The molecule has 1 unspecified atom stereocenters. The number of aromatic nitrogens is 1. The van der Waals surface area contributed by atoms with Gasteiger partial charge in [-0.3, -0.25) is 10.1 Å². The van der Waals surface area contributed by atoms with Gasteiger partial charge in [0, 0.05) is 28.9 Å². The van der Waals surface area contributed by atoms with Crippen LogP contribution in [0.2, 0.25) is 0 Å². The van der Waals surface area contributed by atoms with E-state index in [0.717, 1.165) is 30.2 Å². The number of rotatable bonds is 5. The number of hydrogen-bond donors (Lipinski definition) is 1. The molecule has 0 radical (unpaired) electrons. The number of carbonyl (C=O) groups is 1. The third-order valence-corrected chi connectivity index (χ3v) is 8.65. The Morgan fingerprint density at radius 2 is 1.94 bits per heavy atom. The molecule has 5 rings (SSSR count). The number of fused-ring (bicyclic) bond motifs is 1. The van der Waals surface area contributed by atoms with Crippen LogP contribution in [-0.2, 0) is 10.0 Å². The van der Waals surface area contributed by atoms with Crippen LogP contribution in [0.1, 0.15) is 36.5 Å². The summed E-state index contributed by atoms with van der Waals surface area (Å²) in [5, 5.41) is 6.03. The monoisotopic (exact) mass is 481 g/mol. The second-order valence-electron chi connectivity index (χ2n) is 8.13. The molecule has 0 spiro atoms. The van der Waals surface area contributed by atoms with Crippen molar-refractivity contribution in [3.05, 3.63) is 65.5 Å². The number of thiazole rings is 1. The van der Waals surface area contributed by atoms with E-state index in [1.807, 2.05) is 42.6 Å². The summed E-state index contributed by atoms with van der Waals surface area (Å²) in [6.07, 6.45) is 2.78. The molecule has 170 valence electrons. The van der Waals surface area contributed by atoms with Gasteiger partial charge in [-0.25, -0.2) is 13.4 Å². The lowest BCUT2D eigenvalue weighted by atomic mass is 10.1. The Bertz CT molecular complexity index is 1370. The number of amides is 1. The number of para-hydroxylation sites is 1. The largest absolute Gasteiger partial charge is 0.454 e. The highest BCUT2D eigenvalue weighted by Gasteiger charge is 2.31. The molecule has 7 nitrogen and oxygen atoms in total. The number of nitrogens with one attached hydrogen (secondary N) is 1. The van der Waals surface area contributed by atoms with Crippen molar-refractivity contribution in [2.75, 3.05) is 11.9 Å². The predicted octanol–water partition coefficient (Wildman–Crippen LogP) is 5.37. The topological polar surface area (TPSA) is 92.5 Å². The van der Waals surface area contributed by atoms with E-state index < -0.39 is 10.0 Å². The normalized spacial score (nSPS) is 17.3. The van der Waals surface area contributed by atoms with Gasteiger partial charge in [-0.1, -0.05) is 24.6 Å². The van der Waals surface area contributed by atoms with Crippen LogP contribution in [0.4, 0.5) is 5.13 Å². The van der Waals surface area contributed by atoms with Gasteiger partial charge >= 0.3 is 0 Å². The molecule has 1 atom stereocenters. The van der Waals surface area contributed by atoms with Crippen molar-refractivity contribution in [2.45, 2.75) is 37.1 Å². The number of hydrogen-bond acceptors (Lipinski definition) is 6. The second kappa shape index (κ2) is 8.74. The minimum absolute atomic E-state index is 0.0161. The number of furan rings is 1. The fraction of sp³-hybridized carbons (Fsp3) is 0.250. The molecule has 9 heteroatoms. The average Bonchev–Trinajstić information content (AvgIpc) is 3.46. The highest BCUT2D eigenvalue weighted by Crippen LogP contribution is 2.30. The first-order valence-electron chi connectivity index (χ1n) is 10.8. The summed E-state index contributed by atoms with van der Waals surface area (Å²) >= 11 is 1.30. The van der Waals surface area contributed by atoms with Crippen LogP contribution in [-0.4, -0.2) is 36.2 Å². The van der Waals surface area contributed by atoms with Crippen molar-refractivity contribution < 1.29 is 17.6 Å². The van der Waals surface area contributed by atoms with Gasteiger partial charge in [0.15, 0.2) is 10.9 Å². The quantitative estimate of drug-likeness (QED) is 0.414. The van der Waals surface area contributed by atoms with Gasteiger partial charge < -0.3 is 4.42 Å². The molecule has 0 aliphatic carbocycles. The predicted molar refractivity (Wildman–Crippen MR) is 129 cm³/mol. The van der Waals surface area contributed by atoms with E-state index in [0.29, 0.717) is 28.7 Å². The van der Waals surface area contributed by atoms with E-state index in [9.17, 15) is 13.2 Å². The molecular formula is C24H23N3O4S2. The van der Waals surface area contributed by atoms with Crippen LogP contribution < -0.4 is 5.32 Å². The molecular weight excluding hydrogens is 458 g/mol. The Hall–Kier alpha value is -3.01. The van der Waals surface area contributed by atoms with Crippen molar-refractivity contribution in [3.8, 4) is 11.5 Å². The number of anilines is 1. The number of sulfonamides is 1. The lowest BCUT2D eigenvalue weighted by Gasteiger charge is -2.32. The number of carbonyl (C=O) groups excluding carboxylic acids is 1. The van der Waals surface area contributed by atoms with E-state index in [1.165, 1.54) is 35.6 Å². The van der Waals surface area contributed by atoms with Crippen LogP contribution >= 0.6 is 11.3 Å². The zero-order valence-corrected chi connectivity index (χ0v) is 19.7. The van der Waals surface area contributed by atoms with Crippen LogP contribution in [0, 0.1) is 0 Å². The molecule has 1 fully saturated rings. The minimum Gasteiger partial charge on any atom is -0.454 e. The van der Waals surface area contributed by atoms with Crippen molar-refractivity contribution >= 4 is 43.4 Å². The van der Waals surface area contributed by atoms with Crippen LogP contribution in [0.3, 0.4) is 0 Å². The second-order valence-corrected chi connectivity index (χ2v) is 10.9. The molecule has 0 saturated carbocycles. The Morgan fingerprint density at radius 1 is 1.15 bits per heavy atom. The average molecular weight is 482 g/mol. The van der Waals surface area contributed by atoms with E-state index in [1.54, 1.807) is 4.31 Å². The van der Waals surface area contributed by atoms with E-state index >= 15 is 0 Å². The van der Waals surface area contributed by atoms with E-state index in [-0.39, 0.29) is 16.8 Å². The van der Waals surface area contributed by atoms with Gasteiger partial charge in [-0.2, -0.15) is 4.31 Å². The third kappa shape index (κ3) is 4.31. The molecule has 1 N–H and O–H groups in total. The summed E-state index contributed by atoms with van der Waals surface area (Å²) in [5.74, 6) is 0.283. The van der Waals surface area contributed by atoms with Crippen molar-refractivity contribution in [1.29, 1.82) is 0 Å². The Morgan fingerprint density at radius 3 is 2.70 bits per heavy atom. The Kier molecular flexibility index (Phi) is 5.77. The fourth-order valence-electron chi connectivity index (χ4n) is 4.06. The first kappa shape index (κ1) is 21.8. The van der Waals surface area contributed by atoms with Crippen molar-refractivity contribution in [3.63, 3.8) is 0 Å². The van der Waals surface area contributed by atoms with E-state index in [4.69, 9.17) is 4.42 Å². The summed E-state index contributed by atoms with van der Waals surface area (Å²) in [5.41, 5.74) is 1.78. The zero-order valence-electron chi connectivity index (χ0n) is 18.0. The van der Waals surface area contributed by atoms with Crippen LogP contribution in [0.5, 0.6) is 0 Å². The van der Waals surface area contributed by atoms with Crippen molar-refractivity contribution in [1.82, 2.24) is 9.29 Å². The van der Waals surface area contributed by atoms with Gasteiger partial charge in [-0.05, 0) is 56.2 Å². The molecule has 3 heterocycles. The number of piperidine rings is 1. The molecule has 1 amide bonds. The van der Waals surface area contributed by atoms with Gasteiger partial charge in [-0.15, -0.1) is 11.3 Å². The summed E-state index contributed by atoms with van der Waals surface area (Å²) in [6, 6.07) is 15.7. The van der Waals surface area contributed by atoms with Crippen molar-refractivity contribution in [2.24, 2.45) is 0 Å². The van der Waals surface area contributed by atoms with Crippen LogP contribution in [0.25, 0.3) is 22.4 Å². The lowest BCUT2D eigenvalue weighted by molar-refractivity contribution is 0.102. The first-order valence-corrected chi connectivity index (χ1v) is 13.1. The molecule has 33 heavy (non-hydrogen) atoms. The molecule has 1 aliphatic heterocycles. The van der Waals surface area contributed by atoms with Gasteiger partial charge in [0.25, 0.3) is 5.91 Å². The van der Waals surface area contributed by atoms with Gasteiger partial charge in [0.2, 0.25) is 10.0 Å². The maximum atomic E-state index is 13.0. The lowest BCUT2D eigenvalue weighted by Crippen LogP contribution is -2.41.